The standard InChI is InChI=1S/C24H28N4O4/c1-2-27(21-6-5-11-25-24(21)30)14-15-31-19-9-7-18(8-10-19)20-17-32-22(26-20)16-23(29)28-12-3-4-13-28/h5-11,17H,2-4,12-16H2,1H3,(H,25,30). The smallest absolute Gasteiger partial charge is 0.271 e. The summed E-state index contributed by atoms with van der Waals surface area (Å²) < 4.78 is 11.4. The van der Waals surface area contributed by atoms with Crippen molar-refractivity contribution in [3.63, 3.8) is 0 Å². The molecule has 1 aliphatic rings. The van der Waals surface area contributed by atoms with Gasteiger partial charge in [-0.3, -0.25) is 9.59 Å². The number of hydrogen-bond donors (Lipinski definition) is 1. The summed E-state index contributed by atoms with van der Waals surface area (Å²) in [7, 11) is 0. The van der Waals surface area contributed by atoms with E-state index >= 15 is 0 Å². The van der Waals surface area contributed by atoms with Crippen LogP contribution in [0.5, 0.6) is 5.75 Å². The number of likely N-dealkylation sites (N-methyl/N-ethyl adjacent to an activating group) is 1. The van der Waals surface area contributed by atoms with Gasteiger partial charge in [-0.2, -0.15) is 0 Å². The SMILES string of the molecule is CCN(CCOc1ccc(-c2coc(CC(=O)N3CCCC3)n2)cc1)c1ccc[nH]c1=O. The minimum absolute atomic E-state index is 0.0678. The Morgan fingerprint density at radius 1 is 1.22 bits per heavy atom. The van der Waals surface area contributed by atoms with Crippen LogP contribution in [0.3, 0.4) is 0 Å². The van der Waals surface area contributed by atoms with E-state index in [0.717, 1.165) is 37.2 Å². The van der Waals surface area contributed by atoms with Crippen molar-refractivity contribution in [1.29, 1.82) is 0 Å². The maximum atomic E-state index is 12.3. The molecule has 0 spiro atoms. The number of ether oxygens (including phenoxy) is 1. The minimum Gasteiger partial charge on any atom is -0.492 e. The highest BCUT2D eigenvalue weighted by molar-refractivity contribution is 5.78. The van der Waals surface area contributed by atoms with Gasteiger partial charge in [-0.25, -0.2) is 4.98 Å². The molecule has 3 aromatic rings. The van der Waals surface area contributed by atoms with Gasteiger partial charge in [0.15, 0.2) is 0 Å². The molecule has 3 heterocycles. The fourth-order valence-corrected chi connectivity index (χ4v) is 3.84. The summed E-state index contributed by atoms with van der Waals surface area (Å²) >= 11 is 0. The fourth-order valence-electron chi connectivity index (χ4n) is 3.84. The Bertz CT molecular complexity index is 1080. The molecule has 0 radical (unpaired) electrons. The number of aromatic amines is 1. The molecule has 0 unspecified atom stereocenters. The number of pyridine rings is 1. The van der Waals surface area contributed by atoms with Crippen LogP contribution in [0.25, 0.3) is 11.3 Å². The van der Waals surface area contributed by atoms with Gasteiger partial charge in [0.05, 0.1) is 6.54 Å². The van der Waals surface area contributed by atoms with E-state index in [1.807, 2.05) is 53.1 Å². The van der Waals surface area contributed by atoms with Crippen LogP contribution in [0.15, 0.2) is 58.1 Å². The molecule has 0 saturated carbocycles. The fraction of sp³-hybridized carbons (Fsp3) is 0.375. The molecule has 1 amide bonds. The second kappa shape index (κ2) is 10.2. The highest BCUT2D eigenvalue weighted by Crippen LogP contribution is 2.22. The van der Waals surface area contributed by atoms with Crippen LogP contribution >= 0.6 is 0 Å². The van der Waals surface area contributed by atoms with Gasteiger partial charge in [-0.15, -0.1) is 0 Å². The lowest BCUT2D eigenvalue weighted by molar-refractivity contribution is -0.129. The summed E-state index contributed by atoms with van der Waals surface area (Å²) in [4.78, 5) is 35.3. The quantitative estimate of drug-likeness (QED) is 0.554. The molecular weight excluding hydrogens is 408 g/mol. The van der Waals surface area contributed by atoms with E-state index < -0.39 is 0 Å². The van der Waals surface area contributed by atoms with Gasteiger partial charge >= 0.3 is 0 Å². The molecule has 4 rings (SSSR count). The van der Waals surface area contributed by atoms with Gasteiger partial charge in [0.25, 0.3) is 5.56 Å². The maximum Gasteiger partial charge on any atom is 0.271 e. The average Bonchev–Trinajstić information content (AvgIpc) is 3.51. The zero-order valence-electron chi connectivity index (χ0n) is 18.3. The Balaban J connectivity index is 1.30. The van der Waals surface area contributed by atoms with Crippen LogP contribution in [0.1, 0.15) is 25.7 Å². The molecule has 2 aromatic heterocycles. The molecule has 8 heteroatoms. The summed E-state index contributed by atoms with van der Waals surface area (Å²) in [6.07, 6.45) is 5.54. The molecule has 0 atom stereocenters. The maximum absolute atomic E-state index is 12.3. The number of nitrogens with one attached hydrogen (secondary N) is 1. The molecule has 0 aliphatic carbocycles. The number of oxazole rings is 1. The number of amides is 1. The Kier molecular flexibility index (Phi) is 6.89. The third-order valence-electron chi connectivity index (χ3n) is 5.61. The topological polar surface area (TPSA) is 91.7 Å². The van der Waals surface area contributed by atoms with Crippen molar-refractivity contribution in [1.82, 2.24) is 14.9 Å². The van der Waals surface area contributed by atoms with Gasteiger partial charge in [-0.05, 0) is 56.2 Å². The first kappa shape index (κ1) is 21.7. The Labute approximate surface area is 186 Å². The summed E-state index contributed by atoms with van der Waals surface area (Å²) in [5, 5.41) is 0. The number of benzene rings is 1. The van der Waals surface area contributed by atoms with Crippen molar-refractivity contribution < 1.29 is 13.9 Å². The van der Waals surface area contributed by atoms with E-state index in [1.165, 1.54) is 0 Å². The van der Waals surface area contributed by atoms with Crippen molar-refractivity contribution >= 4 is 11.6 Å². The molecule has 8 nitrogen and oxygen atoms in total. The van der Waals surface area contributed by atoms with E-state index in [2.05, 4.69) is 9.97 Å². The monoisotopic (exact) mass is 436 g/mol. The number of carbonyl (C=O) groups excluding carboxylic acids is 1. The molecular formula is C24H28N4O4. The lowest BCUT2D eigenvalue weighted by Crippen LogP contribution is -2.32. The number of hydrogen-bond acceptors (Lipinski definition) is 6. The molecule has 1 aromatic carbocycles. The van der Waals surface area contributed by atoms with Gasteiger partial charge in [0.1, 0.15) is 36.4 Å². The average molecular weight is 437 g/mol. The molecule has 0 bridgehead atoms. The Hall–Kier alpha value is -3.55. The second-order valence-corrected chi connectivity index (χ2v) is 7.73. The normalized spacial score (nSPS) is 13.3. The minimum atomic E-state index is -0.104. The number of likely N-dealkylation sites (tertiary alicyclic amines) is 1. The summed E-state index contributed by atoms with van der Waals surface area (Å²) in [5.74, 6) is 1.24. The van der Waals surface area contributed by atoms with Gasteiger partial charge < -0.3 is 23.9 Å². The number of carbonyl (C=O) groups is 1. The van der Waals surface area contributed by atoms with Crippen molar-refractivity contribution in [2.75, 3.05) is 37.7 Å². The lowest BCUT2D eigenvalue weighted by Gasteiger charge is -2.22. The third kappa shape index (κ3) is 5.19. The molecule has 168 valence electrons. The summed E-state index contributed by atoms with van der Waals surface area (Å²) in [6.45, 7) is 5.42. The zero-order valence-corrected chi connectivity index (χ0v) is 18.3. The summed E-state index contributed by atoms with van der Waals surface area (Å²) in [6, 6.07) is 11.2. The van der Waals surface area contributed by atoms with Crippen LogP contribution < -0.4 is 15.2 Å². The van der Waals surface area contributed by atoms with Crippen LogP contribution in [-0.2, 0) is 11.2 Å². The van der Waals surface area contributed by atoms with E-state index in [0.29, 0.717) is 37.0 Å². The van der Waals surface area contributed by atoms with Crippen LogP contribution in [0.2, 0.25) is 0 Å². The number of H-pyrrole nitrogens is 1. The van der Waals surface area contributed by atoms with Crippen molar-refractivity contribution in [2.45, 2.75) is 26.2 Å². The second-order valence-electron chi connectivity index (χ2n) is 7.73. The largest absolute Gasteiger partial charge is 0.492 e. The number of anilines is 1. The number of aromatic nitrogens is 2. The first-order valence-electron chi connectivity index (χ1n) is 11.0. The van der Waals surface area contributed by atoms with Crippen molar-refractivity contribution in [2.24, 2.45) is 0 Å². The zero-order chi connectivity index (χ0) is 22.3. The van der Waals surface area contributed by atoms with E-state index in [1.54, 1.807) is 12.5 Å². The molecule has 1 N–H and O–H groups in total. The van der Waals surface area contributed by atoms with E-state index in [9.17, 15) is 9.59 Å². The molecule has 32 heavy (non-hydrogen) atoms. The lowest BCUT2D eigenvalue weighted by atomic mass is 10.2. The van der Waals surface area contributed by atoms with Gasteiger partial charge in [-0.1, -0.05) is 0 Å². The van der Waals surface area contributed by atoms with Crippen molar-refractivity contribution in [3.05, 3.63) is 65.1 Å². The van der Waals surface area contributed by atoms with Gasteiger partial charge in [0, 0.05) is 31.4 Å². The highest BCUT2D eigenvalue weighted by Gasteiger charge is 2.20. The third-order valence-corrected chi connectivity index (χ3v) is 5.61. The number of nitrogens with zero attached hydrogens (tertiary/aromatic N) is 3. The molecule has 1 saturated heterocycles. The predicted molar refractivity (Wildman–Crippen MR) is 122 cm³/mol. The van der Waals surface area contributed by atoms with E-state index in [-0.39, 0.29) is 17.9 Å². The molecule has 1 aliphatic heterocycles. The van der Waals surface area contributed by atoms with Crippen molar-refractivity contribution in [3.8, 4) is 17.0 Å². The number of rotatable bonds is 9. The summed E-state index contributed by atoms with van der Waals surface area (Å²) in [5.41, 5.74) is 2.13. The molecule has 1 fully saturated rings. The highest BCUT2D eigenvalue weighted by atomic mass is 16.5. The first-order chi connectivity index (χ1) is 15.6. The predicted octanol–water partition coefficient (Wildman–Crippen LogP) is 3.10. The van der Waals surface area contributed by atoms with E-state index in [4.69, 9.17) is 9.15 Å². The van der Waals surface area contributed by atoms with Gasteiger partial charge in [0.2, 0.25) is 11.8 Å². The van der Waals surface area contributed by atoms with Crippen LogP contribution in [0, 0.1) is 0 Å². The van der Waals surface area contributed by atoms with Crippen LogP contribution in [-0.4, -0.2) is 53.6 Å². The van der Waals surface area contributed by atoms with Crippen LogP contribution in [0.4, 0.5) is 5.69 Å². The Morgan fingerprint density at radius 3 is 2.72 bits per heavy atom. The Morgan fingerprint density at radius 2 is 2.00 bits per heavy atom. The first-order valence-corrected chi connectivity index (χ1v) is 11.0.